The number of hydrogen-bond acceptors (Lipinski definition) is 1. The Morgan fingerprint density at radius 2 is 2.15 bits per heavy atom. The molecule has 0 spiro atoms. The van der Waals surface area contributed by atoms with E-state index in [1.54, 1.807) is 0 Å². The summed E-state index contributed by atoms with van der Waals surface area (Å²) in [7, 11) is 0. The Bertz CT molecular complexity index is 272. The van der Waals surface area contributed by atoms with Gasteiger partial charge in [-0.25, -0.2) is 0 Å². The van der Waals surface area contributed by atoms with E-state index < -0.39 is 0 Å². The highest BCUT2D eigenvalue weighted by Crippen LogP contribution is 2.05. The van der Waals surface area contributed by atoms with Crippen LogP contribution in [0.15, 0.2) is 18.5 Å². The second-order valence-corrected chi connectivity index (χ2v) is 4.34. The van der Waals surface area contributed by atoms with Gasteiger partial charge in [-0.15, -0.1) is 0 Å². The minimum absolute atomic E-state index is 0.000387. The van der Waals surface area contributed by atoms with E-state index in [9.17, 15) is 0 Å². The van der Waals surface area contributed by atoms with Crippen LogP contribution < -0.4 is 10.6 Å². The van der Waals surface area contributed by atoms with Crippen LogP contribution >= 0.6 is 12.2 Å². The maximum Gasteiger partial charge on any atom is 0.171 e. The number of aromatic amines is 1. The smallest absolute Gasteiger partial charge is 0.171 e. The van der Waals surface area contributed by atoms with Crippen LogP contribution in [-0.4, -0.2) is 15.6 Å². The first kappa shape index (κ1) is 10.1. The van der Waals surface area contributed by atoms with Gasteiger partial charge < -0.3 is 15.6 Å². The Kier molecular flexibility index (Phi) is 2.93. The highest BCUT2D eigenvalue weighted by Gasteiger charge is 2.10. The van der Waals surface area contributed by atoms with Gasteiger partial charge in [-0.2, -0.15) is 0 Å². The molecule has 0 bridgehead atoms. The van der Waals surface area contributed by atoms with Gasteiger partial charge in [0.1, 0.15) is 0 Å². The van der Waals surface area contributed by atoms with Crippen molar-refractivity contribution < 1.29 is 0 Å². The molecule has 0 unspecified atom stereocenters. The highest BCUT2D eigenvalue weighted by molar-refractivity contribution is 7.80. The molecule has 1 rings (SSSR count). The molecule has 1 aromatic rings. The van der Waals surface area contributed by atoms with E-state index in [2.05, 4.69) is 36.4 Å². The first-order valence-electron chi connectivity index (χ1n) is 4.19. The third kappa shape index (κ3) is 3.94. The third-order valence-corrected chi connectivity index (χ3v) is 1.55. The fraction of sp³-hybridized carbons (Fsp3) is 0.444. The Labute approximate surface area is 83.9 Å². The number of thiocarbonyl (C=S) groups is 1. The van der Waals surface area contributed by atoms with Gasteiger partial charge in [0, 0.05) is 17.9 Å². The van der Waals surface area contributed by atoms with Gasteiger partial charge in [-0.1, -0.05) is 0 Å². The summed E-state index contributed by atoms with van der Waals surface area (Å²) in [4.78, 5) is 2.95. The molecule has 4 heteroatoms. The molecule has 1 aromatic heterocycles. The number of hydrogen-bond donors (Lipinski definition) is 3. The predicted molar refractivity (Wildman–Crippen MR) is 59.9 cm³/mol. The summed E-state index contributed by atoms with van der Waals surface area (Å²) in [6.45, 7) is 6.20. The van der Waals surface area contributed by atoms with Gasteiger partial charge in [0.15, 0.2) is 5.11 Å². The average Bonchev–Trinajstić information content (AvgIpc) is 2.34. The fourth-order valence-corrected chi connectivity index (χ4v) is 1.33. The van der Waals surface area contributed by atoms with Crippen molar-refractivity contribution >= 4 is 23.0 Å². The Morgan fingerprint density at radius 3 is 2.62 bits per heavy atom. The molecule has 0 saturated heterocycles. The van der Waals surface area contributed by atoms with Crippen molar-refractivity contribution in [2.75, 3.05) is 5.32 Å². The summed E-state index contributed by atoms with van der Waals surface area (Å²) in [6.07, 6.45) is 3.71. The van der Waals surface area contributed by atoms with Crippen molar-refractivity contribution in [3.8, 4) is 0 Å². The summed E-state index contributed by atoms with van der Waals surface area (Å²) in [5, 5.41) is 6.88. The zero-order chi connectivity index (χ0) is 9.90. The molecular formula is C9H15N3S. The molecular weight excluding hydrogens is 182 g/mol. The van der Waals surface area contributed by atoms with E-state index in [0.717, 1.165) is 5.69 Å². The van der Waals surface area contributed by atoms with Crippen LogP contribution in [0, 0.1) is 0 Å². The molecule has 3 nitrogen and oxygen atoms in total. The Balaban J connectivity index is 2.43. The van der Waals surface area contributed by atoms with E-state index in [1.807, 2.05) is 18.5 Å². The summed E-state index contributed by atoms with van der Waals surface area (Å²) < 4.78 is 0. The average molecular weight is 197 g/mol. The van der Waals surface area contributed by atoms with Gasteiger partial charge in [-0.05, 0) is 39.1 Å². The molecule has 1 heterocycles. The van der Waals surface area contributed by atoms with Crippen molar-refractivity contribution in [2.45, 2.75) is 26.3 Å². The number of nitrogens with one attached hydrogen (secondary N) is 3. The zero-order valence-electron chi connectivity index (χ0n) is 8.14. The summed E-state index contributed by atoms with van der Waals surface area (Å²) >= 11 is 5.11. The molecule has 0 aliphatic heterocycles. The van der Waals surface area contributed by atoms with Gasteiger partial charge in [0.25, 0.3) is 0 Å². The van der Waals surface area contributed by atoms with Crippen LogP contribution in [0.25, 0.3) is 0 Å². The molecule has 0 fully saturated rings. The van der Waals surface area contributed by atoms with Crippen molar-refractivity contribution in [3.05, 3.63) is 18.5 Å². The van der Waals surface area contributed by atoms with Crippen LogP contribution in [0.1, 0.15) is 20.8 Å². The number of rotatable bonds is 1. The van der Waals surface area contributed by atoms with Crippen LogP contribution in [0.5, 0.6) is 0 Å². The van der Waals surface area contributed by atoms with E-state index >= 15 is 0 Å². The van der Waals surface area contributed by atoms with Crippen LogP contribution in [0.4, 0.5) is 5.69 Å². The molecule has 0 radical (unpaired) electrons. The minimum atomic E-state index is 0.000387. The largest absolute Gasteiger partial charge is 0.366 e. The minimum Gasteiger partial charge on any atom is -0.366 e. The summed E-state index contributed by atoms with van der Waals surface area (Å²) in [5.41, 5.74) is 0.974. The van der Waals surface area contributed by atoms with Crippen LogP contribution in [0.3, 0.4) is 0 Å². The lowest BCUT2D eigenvalue weighted by Crippen LogP contribution is -2.42. The molecule has 0 aromatic carbocycles. The third-order valence-electron chi connectivity index (χ3n) is 1.34. The molecule has 0 aliphatic rings. The lowest BCUT2D eigenvalue weighted by atomic mass is 10.1. The van der Waals surface area contributed by atoms with Crippen LogP contribution in [0.2, 0.25) is 0 Å². The number of anilines is 1. The molecule has 0 atom stereocenters. The lowest BCUT2D eigenvalue weighted by molar-refractivity contribution is 0.515. The monoisotopic (exact) mass is 197 g/mol. The molecule has 0 amide bonds. The predicted octanol–water partition coefficient (Wildman–Crippen LogP) is 2.10. The summed E-state index contributed by atoms with van der Waals surface area (Å²) in [6, 6.07) is 1.93. The van der Waals surface area contributed by atoms with Crippen molar-refractivity contribution in [3.63, 3.8) is 0 Å². The van der Waals surface area contributed by atoms with Crippen molar-refractivity contribution in [2.24, 2.45) is 0 Å². The second kappa shape index (κ2) is 3.79. The normalized spacial score (nSPS) is 11.0. The van der Waals surface area contributed by atoms with Gasteiger partial charge in [0.2, 0.25) is 0 Å². The molecule has 0 saturated carbocycles. The van der Waals surface area contributed by atoms with E-state index in [1.165, 1.54) is 0 Å². The zero-order valence-corrected chi connectivity index (χ0v) is 8.96. The van der Waals surface area contributed by atoms with Gasteiger partial charge >= 0.3 is 0 Å². The standard InChI is InChI=1S/C9H15N3S/c1-9(2,3)12-8(13)11-7-4-5-10-6-7/h4-6,10H,1-3H3,(H2,11,12,13). The van der Waals surface area contributed by atoms with E-state index in [-0.39, 0.29) is 5.54 Å². The topological polar surface area (TPSA) is 39.8 Å². The fourth-order valence-electron chi connectivity index (χ4n) is 0.905. The quantitative estimate of drug-likeness (QED) is 0.604. The van der Waals surface area contributed by atoms with E-state index in [4.69, 9.17) is 12.2 Å². The number of aromatic nitrogens is 1. The SMILES string of the molecule is CC(C)(C)NC(=S)Nc1cc[nH]c1. The van der Waals surface area contributed by atoms with Crippen LogP contribution in [-0.2, 0) is 0 Å². The van der Waals surface area contributed by atoms with Gasteiger partial charge in [-0.3, -0.25) is 0 Å². The van der Waals surface area contributed by atoms with Crippen molar-refractivity contribution in [1.29, 1.82) is 0 Å². The maximum atomic E-state index is 5.11. The Hall–Kier alpha value is -1.03. The highest BCUT2D eigenvalue weighted by atomic mass is 32.1. The summed E-state index contributed by atoms with van der Waals surface area (Å²) in [5.74, 6) is 0. The first-order chi connectivity index (χ1) is 5.97. The number of H-pyrrole nitrogens is 1. The molecule has 72 valence electrons. The second-order valence-electron chi connectivity index (χ2n) is 3.93. The first-order valence-corrected chi connectivity index (χ1v) is 4.60. The molecule has 13 heavy (non-hydrogen) atoms. The molecule has 3 N–H and O–H groups in total. The van der Waals surface area contributed by atoms with E-state index in [0.29, 0.717) is 5.11 Å². The lowest BCUT2D eigenvalue weighted by Gasteiger charge is -2.22. The molecule has 0 aliphatic carbocycles. The van der Waals surface area contributed by atoms with Gasteiger partial charge in [0.05, 0.1) is 5.69 Å². The van der Waals surface area contributed by atoms with Crippen molar-refractivity contribution in [1.82, 2.24) is 10.3 Å². The maximum absolute atomic E-state index is 5.11. The Morgan fingerprint density at radius 1 is 1.46 bits per heavy atom.